The third-order valence-electron chi connectivity index (χ3n) is 4.05. The van der Waals surface area contributed by atoms with Crippen LogP contribution in [0.25, 0.3) is 11.1 Å². The number of rotatable bonds is 4. The van der Waals surface area contributed by atoms with Crippen molar-refractivity contribution in [1.29, 1.82) is 0 Å². The minimum atomic E-state index is -1.19. The van der Waals surface area contributed by atoms with E-state index < -0.39 is 5.97 Å². The van der Waals surface area contributed by atoms with Gasteiger partial charge in [-0.1, -0.05) is 12.1 Å². The first-order valence-electron chi connectivity index (χ1n) is 8.46. The van der Waals surface area contributed by atoms with Crippen molar-refractivity contribution in [2.75, 3.05) is 31.4 Å². The predicted octanol–water partition coefficient (Wildman–Crippen LogP) is 3.21. The molecule has 0 amide bonds. The topological polar surface area (TPSA) is 154 Å². The Labute approximate surface area is 168 Å². The van der Waals surface area contributed by atoms with Crippen LogP contribution < -0.4 is 26.7 Å². The lowest BCUT2D eigenvalue weighted by atomic mass is 10.0. The summed E-state index contributed by atoms with van der Waals surface area (Å²) in [4.78, 5) is 10.4. The van der Waals surface area contributed by atoms with Gasteiger partial charge in [-0.15, -0.1) is 0 Å². The van der Waals surface area contributed by atoms with Crippen LogP contribution in [-0.2, 0) is 0 Å². The summed E-state index contributed by atoms with van der Waals surface area (Å²) >= 11 is 0. The minimum Gasteiger partial charge on any atom is -0.507 e. The molecule has 8 heteroatoms. The van der Waals surface area contributed by atoms with Crippen LogP contribution in [0.5, 0.6) is 17.2 Å². The number of hydrogen-bond donors (Lipinski definition) is 5. The van der Waals surface area contributed by atoms with Crippen molar-refractivity contribution in [2.24, 2.45) is 0 Å². The van der Waals surface area contributed by atoms with Gasteiger partial charge in [-0.2, -0.15) is 0 Å². The van der Waals surface area contributed by atoms with E-state index in [1.807, 2.05) is 36.4 Å². The molecule has 29 heavy (non-hydrogen) atoms. The predicted molar refractivity (Wildman–Crippen MR) is 113 cm³/mol. The lowest BCUT2D eigenvalue weighted by molar-refractivity contribution is 0.0694. The zero-order chi connectivity index (χ0) is 21.6. The van der Waals surface area contributed by atoms with Gasteiger partial charge >= 0.3 is 5.97 Å². The number of nitrogen functional groups attached to an aromatic ring is 3. The highest BCUT2D eigenvalue weighted by Crippen LogP contribution is 2.32. The Morgan fingerprint density at radius 3 is 1.66 bits per heavy atom. The maximum absolute atomic E-state index is 10.4. The van der Waals surface area contributed by atoms with E-state index in [4.69, 9.17) is 36.9 Å². The van der Waals surface area contributed by atoms with E-state index in [1.54, 1.807) is 14.2 Å². The van der Waals surface area contributed by atoms with Crippen molar-refractivity contribution in [3.05, 3.63) is 60.2 Å². The Morgan fingerprint density at radius 2 is 1.28 bits per heavy atom. The van der Waals surface area contributed by atoms with Crippen LogP contribution in [0.1, 0.15) is 10.4 Å². The Kier molecular flexibility index (Phi) is 6.75. The number of aromatic hydroxyl groups is 1. The summed E-state index contributed by atoms with van der Waals surface area (Å²) in [6.07, 6.45) is 0. The lowest BCUT2D eigenvalue weighted by Crippen LogP contribution is -1.97. The van der Waals surface area contributed by atoms with Gasteiger partial charge in [0.15, 0.2) is 0 Å². The van der Waals surface area contributed by atoms with Crippen molar-refractivity contribution in [1.82, 2.24) is 0 Å². The average Bonchev–Trinajstić information content (AvgIpc) is 2.71. The van der Waals surface area contributed by atoms with Gasteiger partial charge in [0.05, 0.1) is 25.6 Å². The zero-order valence-corrected chi connectivity index (χ0v) is 16.0. The fourth-order valence-electron chi connectivity index (χ4n) is 2.51. The van der Waals surface area contributed by atoms with Crippen LogP contribution in [-0.4, -0.2) is 30.4 Å². The number of aromatic carboxylic acids is 1. The molecule has 0 aliphatic heterocycles. The minimum absolute atomic E-state index is 0.176. The average molecular weight is 397 g/mol. The highest BCUT2D eigenvalue weighted by molar-refractivity contribution is 5.91. The molecule has 0 fully saturated rings. The number of ether oxygens (including phenoxy) is 2. The molecule has 0 spiro atoms. The summed E-state index contributed by atoms with van der Waals surface area (Å²) in [5.41, 5.74) is 20.2. The van der Waals surface area contributed by atoms with E-state index >= 15 is 0 Å². The second-order valence-corrected chi connectivity index (χ2v) is 6.00. The molecule has 3 rings (SSSR count). The van der Waals surface area contributed by atoms with Crippen LogP contribution >= 0.6 is 0 Å². The molecule has 8 N–H and O–H groups in total. The molecule has 8 nitrogen and oxygen atoms in total. The number of carbonyl (C=O) groups is 1. The summed E-state index contributed by atoms with van der Waals surface area (Å²) in [7, 11) is 3.19. The molecule has 0 aliphatic carbocycles. The molecule has 0 aromatic heterocycles. The summed E-state index contributed by atoms with van der Waals surface area (Å²) in [5, 5.41) is 17.4. The summed E-state index contributed by atoms with van der Waals surface area (Å²) < 4.78 is 10.4. The first kappa shape index (κ1) is 21.2. The number of carboxylic acid groups (broad SMARTS) is 1. The highest BCUT2D eigenvalue weighted by atomic mass is 16.5. The van der Waals surface area contributed by atoms with Gasteiger partial charge in [-0.25, -0.2) is 4.79 Å². The molecule has 0 radical (unpaired) electrons. The number of anilines is 3. The number of carboxylic acids is 1. The Hall–Kier alpha value is -4.07. The molecule has 3 aromatic rings. The summed E-state index contributed by atoms with van der Waals surface area (Å²) in [6.45, 7) is 0. The largest absolute Gasteiger partial charge is 0.507 e. The summed E-state index contributed by atoms with van der Waals surface area (Å²) in [5.74, 6) is -0.145. The van der Waals surface area contributed by atoms with Crippen LogP contribution in [0, 0.1) is 0 Å². The third-order valence-corrected chi connectivity index (χ3v) is 4.05. The van der Waals surface area contributed by atoms with E-state index in [2.05, 4.69) is 0 Å². The van der Waals surface area contributed by atoms with Gasteiger partial charge in [0.25, 0.3) is 0 Å². The molecule has 0 saturated carbocycles. The van der Waals surface area contributed by atoms with E-state index in [1.165, 1.54) is 18.2 Å². The second-order valence-electron chi connectivity index (χ2n) is 6.00. The first-order valence-corrected chi connectivity index (χ1v) is 8.46. The van der Waals surface area contributed by atoms with Crippen molar-refractivity contribution in [3.8, 4) is 28.4 Å². The number of methoxy groups -OCH3 is 2. The monoisotopic (exact) mass is 397 g/mol. The molecular formula is C21H23N3O5. The Morgan fingerprint density at radius 1 is 0.793 bits per heavy atom. The van der Waals surface area contributed by atoms with Crippen LogP contribution in [0.2, 0.25) is 0 Å². The van der Waals surface area contributed by atoms with Crippen molar-refractivity contribution >= 4 is 23.0 Å². The third kappa shape index (κ3) is 5.23. The molecule has 0 bridgehead atoms. The van der Waals surface area contributed by atoms with E-state index in [9.17, 15) is 4.79 Å². The number of hydrogen-bond acceptors (Lipinski definition) is 7. The molecule has 0 heterocycles. The van der Waals surface area contributed by atoms with Gasteiger partial charge in [-0.05, 0) is 53.6 Å². The van der Waals surface area contributed by atoms with Crippen molar-refractivity contribution in [2.45, 2.75) is 0 Å². The van der Waals surface area contributed by atoms with Crippen molar-refractivity contribution < 1.29 is 24.5 Å². The summed E-state index contributed by atoms with van der Waals surface area (Å²) in [6, 6.07) is 15.2. The van der Waals surface area contributed by atoms with Crippen LogP contribution in [0.4, 0.5) is 17.1 Å². The van der Waals surface area contributed by atoms with E-state index in [0.29, 0.717) is 28.6 Å². The molecule has 0 atom stereocenters. The quantitative estimate of drug-likeness (QED) is 0.332. The number of phenols is 1. The van der Waals surface area contributed by atoms with Gasteiger partial charge in [0, 0.05) is 5.69 Å². The fourth-order valence-corrected chi connectivity index (χ4v) is 2.51. The number of benzene rings is 3. The first-order chi connectivity index (χ1) is 13.8. The zero-order valence-electron chi connectivity index (χ0n) is 16.0. The van der Waals surface area contributed by atoms with E-state index in [0.717, 1.165) is 11.1 Å². The van der Waals surface area contributed by atoms with Gasteiger partial charge in [-0.3, -0.25) is 0 Å². The van der Waals surface area contributed by atoms with Gasteiger partial charge in [0.2, 0.25) is 0 Å². The second kappa shape index (κ2) is 9.23. The van der Waals surface area contributed by atoms with E-state index in [-0.39, 0.29) is 11.3 Å². The highest BCUT2D eigenvalue weighted by Gasteiger charge is 2.08. The lowest BCUT2D eigenvalue weighted by Gasteiger charge is -2.10. The van der Waals surface area contributed by atoms with Crippen molar-refractivity contribution in [3.63, 3.8) is 0 Å². The molecule has 0 unspecified atom stereocenters. The number of nitrogens with two attached hydrogens (primary N) is 3. The smallest absolute Gasteiger partial charge is 0.339 e. The normalized spacial score (nSPS) is 9.86. The molecule has 0 saturated heterocycles. The molecule has 152 valence electrons. The Balaban J connectivity index is 0.000000234. The molecule has 3 aromatic carbocycles. The van der Waals surface area contributed by atoms with Gasteiger partial charge < -0.3 is 36.9 Å². The maximum Gasteiger partial charge on any atom is 0.339 e. The maximum atomic E-state index is 10.4. The SMILES string of the molecule is COc1cc(-c2ccc(N)c(OC)c2)ccc1N.Nc1ccc(O)c(C(=O)O)c1. The fraction of sp³-hybridized carbons (Fsp3) is 0.0952. The van der Waals surface area contributed by atoms with Crippen LogP contribution in [0.15, 0.2) is 54.6 Å². The van der Waals surface area contributed by atoms with Gasteiger partial charge in [0.1, 0.15) is 22.8 Å². The van der Waals surface area contributed by atoms with Crippen LogP contribution in [0.3, 0.4) is 0 Å². The Bertz CT molecular complexity index is 970. The standard InChI is InChI=1S/C14H16N2O2.C7H7NO3/c1-17-13-7-9(3-5-11(13)15)10-4-6-12(16)14(8-10)18-2;8-4-1-2-6(9)5(3-4)7(10)11/h3-8H,15-16H2,1-2H3;1-3,9H,8H2,(H,10,11). The molecular weight excluding hydrogens is 374 g/mol. The molecule has 0 aliphatic rings.